The van der Waals surface area contributed by atoms with Gasteiger partial charge >= 0.3 is 0 Å². The summed E-state index contributed by atoms with van der Waals surface area (Å²) in [6, 6.07) is 4.27. The minimum Gasteiger partial charge on any atom is -0.358 e. The molecule has 0 radical (unpaired) electrons. The predicted octanol–water partition coefficient (Wildman–Crippen LogP) is 3.59. The molecule has 0 atom stereocenters. The third-order valence-corrected chi connectivity index (χ3v) is 3.90. The summed E-state index contributed by atoms with van der Waals surface area (Å²) in [7, 11) is 0. The van der Waals surface area contributed by atoms with Crippen LogP contribution in [0, 0.1) is 0 Å². The van der Waals surface area contributed by atoms with Gasteiger partial charge in [0.2, 0.25) is 0 Å². The Kier molecular flexibility index (Phi) is 1.64. The minimum absolute atomic E-state index is 0.231. The Morgan fingerprint density at radius 1 is 1.40 bits per heavy atom. The zero-order valence-corrected chi connectivity index (χ0v) is 9.40. The Labute approximate surface area is 95.3 Å². The van der Waals surface area contributed by atoms with E-state index in [2.05, 4.69) is 43.2 Å². The van der Waals surface area contributed by atoms with Crippen molar-refractivity contribution in [2.24, 2.45) is 0 Å². The zero-order valence-electron chi connectivity index (χ0n) is 8.51. The first-order chi connectivity index (χ1) is 7.17. The molecule has 1 aliphatic carbocycles. The van der Waals surface area contributed by atoms with Crippen molar-refractivity contribution in [3.63, 3.8) is 0 Å². The molecule has 1 nitrogen and oxygen atoms in total. The van der Waals surface area contributed by atoms with Crippen molar-refractivity contribution in [1.29, 1.82) is 0 Å². The van der Waals surface area contributed by atoms with Gasteiger partial charge in [-0.2, -0.15) is 0 Å². The Morgan fingerprint density at radius 3 is 2.73 bits per heavy atom. The number of allylic oxidation sites excluding steroid dienone is 1. The van der Waals surface area contributed by atoms with Gasteiger partial charge in [0.1, 0.15) is 0 Å². The lowest BCUT2D eigenvalue weighted by molar-refractivity contribution is 0.873. The predicted molar refractivity (Wildman–Crippen MR) is 67.5 cm³/mol. The van der Waals surface area contributed by atoms with Crippen LogP contribution in [0.3, 0.4) is 0 Å². The van der Waals surface area contributed by atoms with E-state index in [1.54, 1.807) is 0 Å². The Morgan fingerprint density at radius 2 is 2.13 bits per heavy atom. The average Bonchev–Trinajstić information content (AvgIpc) is 2.94. The Bertz CT molecular complexity index is 484. The van der Waals surface area contributed by atoms with Crippen LogP contribution < -0.4 is 5.32 Å². The number of anilines is 1. The molecule has 2 heteroatoms. The zero-order chi connectivity index (χ0) is 10.6. The van der Waals surface area contributed by atoms with E-state index in [-0.39, 0.29) is 5.41 Å². The van der Waals surface area contributed by atoms with E-state index in [4.69, 9.17) is 0 Å². The molecule has 1 aromatic carbocycles. The summed E-state index contributed by atoms with van der Waals surface area (Å²) in [4.78, 5) is 0.974. The third kappa shape index (κ3) is 1.06. The molecule has 1 N–H and O–H groups in total. The lowest BCUT2D eigenvalue weighted by Gasteiger charge is -2.09. The molecule has 1 fully saturated rings. The van der Waals surface area contributed by atoms with Crippen molar-refractivity contribution >= 4 is 24.4 Å². The summed E-state index contributed by atoms with van der Waals surface area (Å²) in [5, 5.41) is 3.36. The molecule has 2 aliphatic rings. The Hall–Kier alpha value is -1.15. The number of thiol groups is 1. The monoisotopic (exact) mass is 215 g/mol. The van der Waals surface area contributed by atoms with Gasteiger partial charge < -0.3 is 5.32 Å². The summed E-state index contributed by atoms with van der Waals surface area (Å²) in [5.74, 6) is 0. The van der Waals surface area contributed by atoms with Crippen molar-refractivity contribution < 1.29 is 0 Å². The van der Waals surface area contributed by atoms with Crippen molar-refractivity contribution in [3.8, 4) is 0 Å². The lowest BCUT2D eigenvalue weighted by atomic mass is 9.94. The van der Waals surface area contributed by atoms with Gasteiger partial charge in [-0.1, -0.05) is 19.2 Å². The van der Waals surface area contributed by atoms with E-state index in [0.717, 1.165) is 16.2 Å². The summed E-state index contributed by atoms with van der Waals surface area (Å²) in [5.41, 5.74) is 5.04. The number of hydrogen-bond acceptors (Lipinski definition) is 2. The highest BCUT2D eigenvalue weighted by Crippen LogP contribution is 2.59. The standard InChI is InChI=1S/C13H13NS/c1-3-9-6-10-11(7-12(9)15)14-8(2)13(10)4-5-13/h3,6-7,14-15H,1-2,4-5H2. The van der Waals surface area contributed by atoms with E-state index >= 15 is 0 Å². The van der Waals surface area contributed by atoms with Crippen LogP contribution in [0.5, 0.6) is 0 Å². The maximum Gasteiger partial charge on any atom is 0.0435 e. The van der Waals surface area contributed by atoms with E-state index in [9.17, 15) is 0 Å². The molecule has 1 heterocycles. The molecule has 0 aromatic heterocycles. The van der Waals surface area contributed by atoms with Crippen LogP contribution in [0.4, 0.5) is 5.69 Å². The highest BCUT2D eigenvalue weighted by Gasteiger charge is 2.52. The fourth-order valence-corrected chi connectivity index (χ4v) is 2.69. The Balaban J connectivity index is 2.24. The summed E-state index contributed by atoms with van der Waals surface area (Å²) in [6.07, 6.45) is 4.29. The summed E-state index contributed by atoms with van der Waals surface area (Å²) >= 11 is 4.44. The van der Waals surface area contributed by atoms with Crippen LogP contribution in [-0.2, 0) is 5.41 Å². The molecule has 1 saturated carbocycles. The maximum atomic E-state index is 4.44. The summed E-state index contributed by atoms with van der Waals surface area (Å²) < 4.78 is 0. The van der Waals surface area contributed by atoms with Crippen LogP contribution in [-0.4, -0.2) is 0 Å². The van der Waals surface area contributed by atoms with Crippen LogP contribution >= 0.6 is 12.6 Å². The van der Waals surface area contributed by atoms with E-state index in [1.165, 1.54) is 24.1 Å². The fraction of sp³-hybridized carbons (Fsp3) is 0.231. The number of benzene rings is 1. The lowest BCUT2D eigenvalue weighted by Crippen LogP contribution is -2.04. The first-order valence-electron chi connectivity index (χ1n) is 5.14. The van der Waals surface area contributed by atoms with Crippen LogP contribution in [0.2, 0.25) is 0 Å². The highest BCUT2D eigenvalue weighted by molar-refractivity contribution is 7.80. The maximum absolute atomic E-state index is 4.44. The highest BCUT2D eigenvalue weighted by atomic mass is 32.1. The van der Waals surface area contributed by atoms with Crippen LogP contribution in [0.1, 0.15) is 24.0 Å². The summed E-state index contributed by atoms with van der Waals surface area (Å²) in [6.45, 7) is 7.92. The number of rotatable bonds is 1. The average molecular weight is 215 g/mol. The van der Waals surface area contributed by atoms with Gasteiger partial charge in [-0.25, -0.2) is 0 Å². The van der Waals surface area contributed by atoms with E-state index in [0.29, 0.717) is 0 Å². The molecule has 0 bridgehead atoms. The van der Waals surface area contributed by atoms with Crippen LogP contribution in [0.25, 0.3) is 6.08 Å². The van der Waals surface area contributed by atoms with E-state index in [1.807, 2.05) is 6.08 Å². The largest absolute Gasteiger partial charge is 0.358 e. The smallest absolute Gasteiger partial charge is 0.0435 e. The van der Waals surface area contributed by atoms with Gasteiger partial charge in [0.15, 0.2) is 0 Å². The molecule has 1 aliphatic heterocycles. The molecule has 76 valence electrons. The van der Waals surface area contributed by atoms with Gasteiger partial charge in [-0.3, -0.25) is 0 Å². The van der Waals surface area contributed by atoms with Crippen LogP contribution in [0.15, 0.2) is 35.9 Å². The molecule has 3 rings (SSSR count). The molecule has 1 aromatic rings. The van der Waals surface area contributed by atoms with Crippen molar-refractivity contribution in [3.05, 3.63) is 42.1 Å². The van der Waals surface area contributed by atoms with Gasteiger partial charge in [-0.05, 0) is 36.1 Å². The molecule has 0 amide bonds. The second kappa shape index (κ2) is 2.70. The van der Waals surface area contributed by atoms with Crippen molar-refractivity contribution in [2.75, 3.05) is 5.32 Å². The third-order valence-electron chi connectivity index (χ3n) is 3.52. The number of hydrogen-bond donors (Lipinski definition) is 2. The van der Waals surface area contributed by atoms with Gasteiger partial charge in [-0.15, -0.1) is 12.6 Å². The van der Waals surface area contributed by atoms with Crippen molar-refractivity contribution in [1.82, 2.24) is 0 Å². The normalized spacial score (nSPS) is 19.9. The number of fused-ring (bicyclic) bond motifs is 2. The molecule has 15 heavy (non-hydrogen) atoms. The first kappa shape index (κ1) is 9.10. The van der Waals surface area contributed by atoms with Gasteiger partial charge in [0.25, 0.3) is 0 Å². The topological polar surface area (TPSA) is 12.0 Å². The van der Waals surface area contributed by atoms with Crippen molar-refractivity contribution in [2.45, 2.75) is 23.2 Å². The number of nitrogens with one attached hydrogen (secondary N) is 1. The second-order valence-electron chi connectivity index (χ2n) is 4.35. The first-order valence-corrected chi connectivity index (χ1v) is 5.58. The van der Waals surface area contributed by atoms with Gasteiger partial charge in [0, 0.05) is 21.7 Å². The minimum atomic E-state index is 0.231. The SMILES string of the molecule is C=Cc1cc2c(cc1S)NC(=C)C21CC1. The molecular weight excluding hydrogens is 202 g/mol. The molecule has 1 spiro atoms. The van der Waals surface area contributed by atoms with Gasteiger partial charge in [0.05, 0.1) is 0 Å². The molecule has 0 saturated heterocycles. The van der Waals surface area contributed by atoms with E-state index < -0.39 is 0 Å². The fourth-order valence-electron chi connectivity index (χ4n) is 2.41. The molecule has 0 unspecified atom stereocenters. The molecular formula is C13H13NS. The quantitative estimate of drug-likeness (QED) is 0.682. The second-order valence-corrected chi connectivity index (χ2v) is 4.83.